The Bertz CT molecular complexity index is 326. The molecule has 1 atom stereocenters. The minimum atomic E-state index is -1.31. The third kappa shape index (κ3) is 2.72. The Hall–Kier alpha value is -2.05. The van der Waals surface area contributed by atoms with Gasteiger partial charge in [-0.2, -0.15) is 0 Å². The summed E-state index contributed by atoms with van der Waals surface area (Å²) in [6, 6.07) is -1.12. The molecule has 1 N–H and O–H groups in total. The van der Waals surface area contributed by atoms with E-state index in [-0.39, 0.29) is 19.8 Å². The van der Waals surface area contributed by atoms with E-state index < -0.39 is 24.1 Å². The number of ether oxygens (including phenoxy) is 2. The van der Waals surface area contributed by atoms with Crippen LogP contribution in [0.1, 0.15) is 6.42 Å². The average Bonchev–Trinajstić information content (AvgIpc) is 2.58. The Kier molecular flexibility index (Phi) is 3.87. The van der Waals surface area contributed by atoms with Crippen molar-refractivity contribution in [2.45, 2.75) is 12.5 Å². The van der Waals surface area contributed by atoms with Gasteiger partial charge in [-0.15, -0.1) is 0 Å². The molecule has 0 bridgehead atoms. The predicted octanol–water partition coefficient (Wildman–Crippen LogP) is -0.0314. The number of carbonyl (C=O) groups is 3. The van der Waals surface area contributed by atoms with Gasteiger partial charge in [0, 0.05) is 0 Å². The van der Waals surface area contributed by atoms with Gasteiger partial charge in [0.05, 0.1) is 6.42 Å². The highest BCUT2D eigenvalue weighted by atomic mass is 16.6. The Morgan fingerprint density at radius 1 is 1.69 bits per heavy atom. The number of cyclic esters (lactones) is 1. The average molecular weight is 229 g/mol. The molecule has 0 saturated carbocycles. The Labute approximate surface area is 91.2 Å². The summed E-state index contributed by atoms with van der Waals surface area (Å²) in [4.78, 5) is 33.7. The van der Waals surface area contributed by atoms with Crippen LogP contribution in [-0.2, 0) is 19.1 Å². The first-order valence-electron chi connectivity index (χ1n) is 4.49. The second kappa shape index (κ2) is 5.15. The summed E-state index contributed by atoms with van der Waals surface area (Å²) in [6.07, 6.45) is -0.286. The molecule has 1 amide bonds. The van der Waals surface area contributed by atoms with Gasteiger partial charge < -0.3 is 14.6 Å². The maximum absolute atomic E-state index is 11.2. The number of esters is 2. The number of hydrogen-bond donors (Lipinski definition) is 1. The molecular weight excluding hydrogens is 218 g/mol. The summed E-state index contributed by atoms with van der Waals surface area (Å²) in [6.45, 7) is 3.02. The molecular formula is C9H11NO6. The second-order valence-corrected chi connectivity index (χ2v) is 3.04. The lowest BCUT2D eigenvalue weighted by Gasteiger charge is -2.15. The van der Waals surface area contributed by atoms with Crippen molar-refractivity contribution in [3.63, 3.8) is 0 Å². The summed E-state index contributed by atoms with van der Waals surface area (Å²) >= 11 is 0. The quantitative estimate of drug-likeness (QED) is 0.537. The Morgan fingerprint density at radius 3 is 2.94 bits per heavy atom. The molecule has 0 aliphatic carbocycles. The van der Waals surface area contributed by atoms with Gasteiger partial charge in [-0.25, -0.2) is 9.59 Å². The van der Waals surface area contributed by atoms with Crippen molar-refractivity contribution in [1.29, 1.82) is 0 Å². The zero-order valence-corrected chi connectivity index (χ0v) is 8.42. The minimum absolute atomic E-state index is 0.0215. The predicted molar refractivity (Wildman–Crippen MR) is 50.4 cm³/mol. The van der Waals surface area contributed by atoms with Crippen LogP contribution in [-0.4, -0.2) is 47.4 Å². The van der Waals surface area contributed by atoms with Crippen LogP contribution in [0.5, 0.6) is 0 Å². The monoisotopic (exact) mass is 229 g/mol. The third-order valence-corrected chi connectivity index (χ3v) is 1.96. The molecule has 7 nitrogen and oxygen atoms in total. The molecule has 0 unspecified atom stereocenters. The van der Waals surface area contributed by atoms with E-state index in [0.717, 1.165) is 4.90 Å². The van der Waals surface area contributed by atoms with Crippen molar-refractivity contribution in [3.8, 4) is 0 Å². The topological polar surface area (TPSA) is 93.1 Å². The van der Waals surface area contributed by atoms with Gasteiger partial charge in [0.25, 0.3) is 0 Å². The standard InChI is InChI=1S/C9H11NO6/c1-2-3-15-7(11)4-6-8(12)16-5-10(6)9(13)14/h2,6H,1,3-5H2,(H,13,14)/t6-/m1/s1. The van der Waals surface area contributed by atoms with E-state index in [1.54, 1.807) is 0 Å². The molecule has 1 aliphatic rings. The molecule has 1 heterocycles. The van der Waals surface area contributed by atoms with Gasteiger partial charge in [0.2, 0.25) is 0 Å². The summed E-state index contributed by atoms with van der Waals surface area (Å²) in [7, 11) is 0. The number of amides is 1. The van der Waals surface area contributed by atoms with Crippen molar-refractivity contribution in [3.05, 3.63) is 12.7 Å². The highest BCUT2D eigenvalue weighted by molar-refractivity contribution is 5.87. The van der Waals surface area contributed by atoms with Crippen LogP contribution < -0.4 is 0 Å². The molecule has 1 saturated heterocycles. The number of carbonyl (C=O) groups excluding carboxylic acids is 2. The molecule has 16 heavy (non-hydrogen) atoms. The van der Waals surface area contributed by atoms with E-state index in [2.05, 4.69) is 16.1 Å². The lowest BCUT2D eigenvalue weighted by Crippen LogP contribution is -2.38. The highest BCUT2D eigenvalue weighted by Gasteiger charge is 2.39. The Balaban J connectivity index is 2.56. The molecule has 0 aromatic heterocycles. The fourth-order valence-electron chi connectivity index (χ4n) is 1.20. The minimum Gasteiger partial charge on any atom is -0.465 e. The molecule has 1 rings (SSSR count). The maximum atomic E-state index is 11.2. The summed E-state index contributed by atoms with van der Waals surface area (Å²) in [5, 5.41) is 8.72. The van der Waals surface area contributed by atoms with Crippen LogP contribution in [0.25, 0.3) is 0 Å². The lowest BCUT2D eigenvalue weighted by molar-refractivity contribution is -0.147. The van der Waals surface area contributed by atoms with Gasteiger partial charge in [0.15, 0.2) is 6.73 Å². The zero-order valence-electron chi connectivity index (χ0n) is 8.42. The van der Waals surface area contributed by atoms with Crippen LogP contribution in [0.3, 0.4) is 0 Å². The number of nitrogens with zero attached hydrogens (tertiary/aromatic N) is 1. The van der Waals surface area contributed by atoms with E-state index in [1.807, 2.05) is 0 Å². The van der Waals surface area contributed by atoms with Crippen LogP contribution >= 0.6 is 0 Å². The number of carboxylic acid groups (broad SMARTS) is 1. The van der Waals surface area contributed by atoms with Gasteiger partial charge in [-0.1, -0.05) is 12.7 Å². The molecule has 0 aromatic carbocycles. The third-order valence-electron chi connectivity index (χ3n) is 1.96. The Morgan fingerprint density at radius 2 is 2.38 bits per heavy atom. The van der Waals surface area contributed by atoms with Crippen molar-refractivity contribution in [2.75, 3.05) is 13.3 Å². The summed E-state index contributed by atoms with van der Waals surface area (Å²) < 4.78 is 9.17. The lowest BCUT2D eigenvalue weighted by atomic mass is 10.2. The van der Waals surface area contributed by atoms with E-state index in [1.165, 1.54) is 6.08 Å². The normalized spacial score (nSPS) is 19.1. The molecule has 0 radical (unpaired) electrons. The van der Waals surface area contributed by atoms with Gasteiger partial charge in [0.1, 0.15) is 12.6 Å². The van der Waals surface area contributed by atoms with Gasteiger partial charge in [-0.3, -0.25) is 9.69 Å². The fraction of sp³-hybridized carbons (Fsp3) is 0.444. The summed E-state index contributed by atoms with van der Waals surface area (Å²) in [5.41, 5.74) is 0. The van der Waals surface area contributed by atoms with Crippen molar-refractivity contribution >= 4 is 18.0 Å². The SMILES string of the molecule is C=CCOC(=O)C[C@@H]1C(=O)OCN1C(=O)O. The van der Waals surface area contributed by atoms with Crippen LogP contribution in [0, 0.1) is 0 Å². The molecule has 0 aromatic rings. The maximum Gasteiger partial charge on any atom is 0.410 e. The molecule has 7 heteroatoms. The molecule has 88 valence electrons. The van der Waals surface area contributed by atoms with Gasteiger partial charge >= 0.3 is 18.0 Å². The van der Waals surface area contributed by atoms with Crippen molar-refractivity contribution in [2.24, 2.45) is 0 Å². The van der Waals surface area contributed by atoms with E-state index in [9.17, 15) is 14.4 Å². The zero-order chi connectivity index (χ0) is 12.1. The highest BCUT2D eigenvalue weighted by Crippen LogP contribution is 2.15. The largest absolute Gasteiger partial charge is 0.465 e. The summed E-state index contributed by atoms with van der Waals surface area (Å²) in [5.74, 6) is -1.41. The van der Waals surface area contributed by atoms with Crippen molar-refractivity contribution < 1.29 is 29.0 Å². The van der Waals surface area contributed by atoms with Gasteiger partial charge in [-0.05, 0) is 0 Å². The first-order valence-corrected chi connectivity index (χ1v) is 4.49. The van der Waals surface area contributed by atoms with E-state index in [0.29, 0.717) is 0 Å². The van der Waals surface area contributed by atoms with E-state index >= 15 is 0 Å². The molecule has 0 spiro atoms. The van der Waals surface area contributed by atoms with Crippen molar-refractivity contribution in [1.82, 2.24) is 4.90 Å². The number of hydrogen-bond acceptors (Lipinski definition) is 5. The number of rotatable bonds is 4. The fourth-order valence-corrected chi connectivity index (χ4v) is 1.20. The first kappa shape index (κ1) is 12.0. The smallest absolute Gasteiger partial charge is 0.410 e. The molecule has 1 fully saturated rings. The van der Waals surface area contributed by atoms with E-state index in [4.69, 9.17) is 5.11 Å². The molecule has 1 aliphatic heterocycles. The van der Waals surface area contributed by atoms with Crippen LogP contribution in [0.2, 0.25) is 0 Å². The van der Waals surface area contributed by atoms with Crippen LogP contribution in [0.4, 0.5) is 4.79 Å². The first-order chi connectivity index (χ1) is 7.56. The second-order valence-electron chi connectivity index (χ2n) is 3.04. The van der Waals surface area contributed by atoms with Crippen LogP contribution in [0.15, 0.2) is 12.7 Å².